The van der Waals surface area contributed by atoms with Crippen molar-refractivity contribution in [2.45, 2.75) is 38.9 Å². The number of hydrogen-bond acceptors (Lipinski definition) is 8. The zero-order chi connectivity index (χ0) is 22.9. The molecule has 166 valence electrons. The van der Waals surface area contributed by atoms with Crippen LogP contribution in [0.15, 0.2) is 30.3 Å². The molecule has 0 spiro atoms. The van der Waals surface area contributed by atoms with Crippen LogP contribution in [0.3, 0.4) is 0 Å². The van der Waals surface area contributed by atoms with Crippen LogP contribution in [-0.4, -0.2) is 55.9 Å². The van der Waals surface area contributed by atoms with Gasteiger partial charge in [-0.15, -0.1) is 0 Å². The third kappa shape index (κ3) is 4.22. The van der Waals surface area contributed by atoms with Gasteiger partial charge in [-0.2, -0.15) is 10.2 Å². The summed E-state index contributed by atoms with van der Waals surface area (Å²) in [6.45, 7) is 10.3. The number of morpholine rings is 1. The Balaban J connectivity index is 1.58. The maximum atomic E-state index is 11.8. The minimum Gasteiger partial charge on any atom is -0.439 e. The number of carbonyl (C=O) groups excluding carboxylic acids is 1. The predicted octanol–water partition coefficient (Wildman–Crippen LogP) is 2.69. The first-order valence-electron chi connectivity index (χ1n) is 10.6. The first-order valence-corrected chi connectivity index (χ1v) is 10.6. The fraction of sp³-hybridized carbons (Fsp3) is 0.435. The number of anilines is 1. The van der Waals surface area contributed by atoms with Crippen molar-refractivity contribution in [1.82, 2.24) is 4.98 Å². The van der Waals surface area contributed by atoms with E-state index >= 15 is 0 Å². The van der Waals surface area contributed by atoms with Crippen LogP contribution in [0.25, 0.3) is 0 Å². The summed E-state index contributed by atoms with van der Waals surface area (Å²) < 4.78 is 23.5. The molecule has 2 fully saturated rings. The molecule has 4 rings (SSSR count). The number of pyridine rings is 1. The van der Waals surface area contributed by atoms with Crippen LogP contribution in [0.2, 0.25) is 0 Å². The summed E-state index contributed by atoms with van der Waals surface area (Å²) in [6.07, 6.45) is 0.763. The molecular weight excluding hydrogens is 409 g/mol. The van der Waals surface area contributed by atoms with Crippen molar-refractivity contribution >= 4 is 24.7 Å². The molecule has 0 saturated carbocycles. The number of carbonyl (C=O) groups is 1. The highest BCUT2D eigenvalue weighted by molar-refractivity contribution is 6.63. The summed E-state index contributed by atoms with van der Waals surface area (Å²) >= 11 is 0. The highest BCUT2D eigenvalue weighted by Crippen LogP contribution is 2.37. The predicted molar refractivity (Wildman–Crippen MR) is 120 cm³/mol. The number of ether oxygens (including phenoxy) is 2. The Hall–Kier alpha value is -2.93. The molecule has 3 heterocycles. The number of nitrogens with zero attached hydrogens (tertiary/aromatic N) is 3. The summed E-state index contributed by atoms with van der Waals surface area (Å²) in [5.74, 6) is 1.36. The van der Waals surface area contributed by atoms with Gasteiger partial charge in [-0.05, 0) is 51.4 Å². The lowest BCUT2D eigenvalue weighted by Crippen LogP contribution is -2.41. The fourth-order valence-electron chi connectivity index (χ4n) is 3.62. The van der Waals surface area contributed by atoms with E-state index in [4.69, 9.17) is 18.8 Å². The molecule has 9 heteroatoms. The molecule has 1 aromatic carbocycles. The van der Waals surface area contributed by atoms with Gasteiger partial charge < -0.3 is 23.7 Å². The molecular formula is C23H26BN3O5. The molecule has 0 N–H and O–H groups in total. The quantitative estimate of drug-likeness (QED) is 0.523. The first kappa shape index (κ1) is 22.3. The lowest BCUT2D eigenvalue weighted by Gasteiger charge is -2.32. The molecule has 0 atom stereocenters. The second-order valence-corrected chi connectivity index (χ2v) is 8.83. The third-order valence-corrected chi connectivity index (χ3v) is 6.20. The first-order chi connectivity index (χ1) is 15.2. The van der Waals surface area contributed by atoms with Crippen LogP contribution in [0, 0.1) is 11.3 Å². The molecule has 8 nitrogen and oxygen atoms in total. The average Bonchev–Trinajstić information content (AvgIpc) is 3.00. The zero-order valence-electron chi connectivity index (χ0n) is 18.8. The Labute approximate surface area is 188 Å². The van der Waals surface area contributed by atoms with E-state index in [1.54, 1.807) is 30.3 Å². The Morgan fingerprint density at radius 3 is 2.44 bits per heavy atom. The summed E-state index contributed by atoms with van der Waals surface area (Å²) in [4.78, 5) is 18.4. The van der Waals surface area contributed by atoms with Gasteiger partial charge in [0.2, 0.25) is 5.88 Å². The highest BCUT2D eigenvalue weighted by atomic mass is 16.7. The van der Waals surface area contributed by atoms with E-state index in [9.17, 15) is 10.1 Å². The monoisotopic (exact) mass is 435 g/mol. The molecule has 2 aromatic rings. The van der Waals surface area contributed by atoms with E-state index in [-0.39, 0.29) is 0 Å². The van der Waals surface area contributed by atoms with Gasteiger partial charge in [-0.3, -0.25) is 4.79 Å². The van der Waals surface area contributed by atoms with Crippen LogP contribution >= 0.6 is 0 Å². The summed E-state index contributed by atoms with van der Waals surface area (Å²) in [5.41, 5.74) is 0.532. The molecule has 0 radical (unpaired) electrons. The second kappa shape index (κ2) is 8.55. The number of aldehydes is 1. The van der Waals surface area contributed by atoms with E-state index in [1.807, 2.05) is 32.6 Å². The van der Waals surface area contributed by atoms with Crippen molar-refractivity contribution in [1.29, 1.82) is 5.26 Å². The smallest absolute Gasteiger partial charge is 0.439 e. The highest BCUT2D eigenvalue weighted by Gasteiger charge is 2.52. The van der Waals surface area contributed by atoms with Gasteiger partial charge >= 0.3 is 7.12 Å². The molecule has 2 aliphatic heterocycles. The van der Waals surface area contributed by atoms with Crippen LogP contribution in [-0.2, 0) is 14.0 Å². The third-order valence-electron chi connectivity index (χ3n) is 6.20. The standard InChI is InChI=1S/C23H26BN3O5/c1-22(2)23(3,4)32-24(31-22)19-7-6-18(13-17(19)15-28)30-20-8-5-16(14-25)21(26-20)27-9-11-29-12-10-27/h5-8,13,15H,9-12H2,1-4H3. The lowest BCUT2D eigenvalue weighted by molar-refractivity contribution is 0.00578. The van der Waals surface area contributed by atoms with Gasteiger partial charge in [0.15, 0.2) is 5.82 Å². The average molecular weight is 435 g/mol. The van der Waals surface area contributed by atoms with Gasteiger partial charge in [-0.25, -0.2) is 0 Å². The molecule has 0 unspecified atom stereocenters. The summed E-state index contributed by atoms with van der Waals surface area (Å²) in [6, 6.07) is 10.7. The molecule has 32 heavy (non-hydrogen) atoms. The van der Waals surface area contributed by atoms with E-state index < -0.39 is 18.3 Å². The van der Waals surface area contributed by atoms with Gasteiger partial charge in [0.05, 0.1) is 30.0 Å². The molecule has 0 aliphatic carbocycles. The van der Waals surface area contributed by atoms with Crippen LogP contribution in [0.1, 0.15) is 43.6 Å². The van der Waals surface area contributed by atoms with E-state index in [2.05, 4.69) is 11.1 Å². The van der Waals surface area contributed by atoms with Gasteiger partial charge in [0.1, 0.15) is 18.1 Å². The molecule has 0 bridgehead atoms. The van der Waals surface area contributed by atoms with Crippen LogP contribution < -0.4 is 15.1 Å². The summed E-state index contributed by atoms with van der Waals surface area (Å²) in [7, 11) is -0.643. The Morgan fingerprint density at radius 2 is 1.81 bits per heavy atom. The fourth-order valence-corrected chi connectivity index (χ4v) is 3.62. The Kier molecular flexibility index (Phi) is 5.95. The summed E-state index contributed by atoms with van der Waals surface area (Å²) in [5, 5.41) is 9.45. The second-order valence-electron chi connectivity index (χ2n) is 8.83. The Bertz CT molecular complexity index is 1040. The van der Waals surface area contributed by atoms with Gasteiger partial charge in [0.25, 0.3) is 0 Å². The maximum Gasteiger partial charge on any atom is 0.495 e. The van der Waals surface area contributed by atoms with Gasteiger partial charge in [0, 0.05) is 24.7 Å². The van der Waals surface area contributed by atoms with Crippen molar-refractivity contribution in [3.05, 3.63) is 41.5 Å². The zero-order valence-corrected chi connectivity index (χ0v) is 18.8. The van der Waals surface area contributed by atoms with E-state index in [0.717, 1.165) is 6.29 Å². The minimum absolute atomic E-state index is 0.339. The molecule has 2 saturated heterocycles. The molecule has 2 aliphatic rings. The van der Waals surface area contributed by atoms with Crippen molar-refractivity contribution in [3.8, 4) is 17.7 Å². The van der Waals surface area contributed by atoms with Crippen molar-refractivity contribution in [2.75, 3.05) is 31.2 Å². The molecule has 0 amide bonds. The number of nitriles is 1. The van der Waals surface area contributed by atoms with E-state index in [1.165, 1.54) is 0 Å². The van der Waals surface area contributed by atoms with Crippen molar-refractivity contribution in [2.24, 2.45) is 0 Å². The maximum absolute atomic E-state index is 11.8. The largest absolute Gasteiger partial charge is 0.495 e. The number of hydrogen-bond donors (Lipinski definition) is 0. The topological polar surface area (TPSA) is 93.9 Å². The number of rotatable bonds is 5. The lowest BCUT2D eigenvalue weighted by atomic mass is 9.76. The van der Waals surface area contributed by atoms with Crippen LogP contribution in [0.4, 0.5) is 5.82 Å². The number of aromatic nitrogens is 1. The van der Waals surface area contributed by atoms with Crippen LogP contribution in [0.5, 0.6) is 11.6 Å². The Morgan fingerprint density at radius 1 is 1.12 bits per heavy atom. The normalized spacial score (nSPS) is 19.5. The number of benzene rings is 1. The van der Waals surface area contributed by atoms with Gasteiger partial charge in [-0.1, -0.05) is 6.07 Å². The van der Waals surface area contributed by atoms with E-state index in [0.29, 0.717) is 60.3 Å². The van der Waals surface area contributed by atoms with Crippen molar-refractivity contribution < 1.29 is 23.6 Å². The molecule has 1 aromatic heterocycles. The SMILES string of the molecule is CC1(C)OB(c2ccc(Oc3ccc(C#N)c(N4CCOCC4)n3)cc2C=O)OC1(C)C. The van der Waals surface area contributed by atoms with Crippen molar-refractivity contribution in [3.63, 3.8) is 0 Å². The minimum atomic E-state index is -0.643.